The van der Waals surface area contributed by atoms with Crippen LogP contribution >= 0.6 is 0 Å². The van der Waals surface area contributed by atoms with E-state index in [2.05, 4.69) is 10.6 Å². The van der Waals surface area contributed by atoms with Crippen LogP contribution in [-0.4, -0.2) is 42.9 Å². The molecule has 100 valence electrons. The minimum atomic E-state index is -0.932. The Morgan fingerprint density at radius 2 is 1.82 bits per heavy atom. The van der Waals surface area contributed by atoms with Gasteiger partial charge in [0.1, 0.15) is 0 Å². The number of aliphatic carboxylic acids is 1. The highest BCUT2D eigenvalue weighted by Crippen LogP contribution is 2.17. The predicted octanol–water partition coefficient (Wildman–Crippen LogP) is 0.965. The van der Waals surface area contributed by atoms with Crippen LogP contribution in [0.1, 0.15) is 33.1 Å². The van der Waals surface area contributed by atoms with Crippen LogP contribution in [0.5, 0.6) is 0 Å². The lowest BCUT2D eigenvalue weighted by Gasteiger charge is -2.30. The van der Waals surface area contributed by atoms with Crippen LogP contribution in [0.25, 0.3) is 0 Å². The van der Waals surface area contributed by atoms with Crippen molar-refractivity contribution >= 4 is 12.0 Å². The lowest BCUT2D eigenvalue weighted by Crippen LogP contribution is -2.47. The molecule has 0 unspecified atom stereocenters. The number of carboxylic acids is 1. The summed E-state index contributed by atoms with van der Waals surface area (Å²) in [6.45, 7) is 4.53. The number of amides is 2. The van der Waals surface area contributed by atoms with Gasteiger partial charge in [-0.2, -0.15) is 0 Å². The summed E-state index contributed by atoms with van der Waals surface area (Å²) in [7, 11) is 1.62. The topological polar surface area (TPSA) is 87.7 Å². The van der Waals surface area contributed by atoms with Gasteiger partial charge in [0.2, 0.25) is 0 Å². The molecule has 6 nitrogen and oxygen atoms in total. The van der Waals surface area contributed by atoms with Gasteiger partial charge in [-0.1, -0.05) is 13.8 Å². The number of carbonyl (C=O) groups excluding carboxylic acids is 1. The predicted molar refractivity (Wildman–Crippen MR) is 64.0 cm³/mol. The van der Waals surface area contributed by atoms with E-state index in [0.29, 0.717) is 6.54 Å². The molecule has 0 saturated carbocycles. The second-order valence-corrected chi connectivity index (χ2v) is 3.85. The zero-order chi connectivity index (χ0) is 13.3. The maximum atomic E-state index is 11.3. The second-order valence-electron chi connectivity index (χ2n) is 3.85. The summed E-state index contributed by atoms with van der Waals surface area (Å²) >= 11 is 0. The SMILES string of the molecule is CCC(CC)(CNC(=O)NCCC(=O)O)OC. The molecule has 0 aromatic carbocycles. The molecule has 2 amide bonds. The maximum absolute atomic E-state index is 11.3. The van der Waals surface area contributed by atoms with Gasteiger partial charge in [0.25, 0.3) is 0 Å². The van der Waals surface area contributed by atoms with Crippen LogP contribution in [0.2, 0.25) is 0 Å². The molecule has 0 bridgehead atoms. The number of methoxy groups -OCH3 is 1. The van der Waals surface area contributed by atoms with E-state index < -0.39 is 5.97 Å². The molecular formula is C11H22N2O4. The lowest BCUT2D eigenvalue weighted by molar-refractivity contribution is -0.136. The first-order chi connectivity index (χ1) is 7.99. The number of nitrogens with one attached hydrogen (secondary N) is 2. The minimum Gasteiger partial charge on any atom is -0.481 e. The standard InChI is InChI=1S/C11H22N2O4/c1-4-11(5-2,17-3)8-13-10(16)12-7-6-9(14)15/h4-8H2,1-3H3,(H,14,15)(H2,12,13,16). The number of urea groups is 1. The number of carboxylic acid groups (broad SMARTS) is 1. The fourth-order valence-corrected chi connectivity index (χ4v) is 1.45. The molecule has 0 heterocycles. The van der Waals surface area contributed by atoms with Crippen LogP contribution in [0.15, 0.2) is 0 Å². The summed E-state index contributed by atoms with van der Waals surface area (Å²) in [6.07, 6.45) is 1.52. The molecule has 0 spiro atoms. The molecule has 0 saturated heterocycles. The third-order valence-electron chi connectivity index (χ3n) is 2.92. The van der Waals surface area contributed by atoms with Gasteiger partial charge in [0.05, 0.1) is 12.0 Å². The van der Waals surface area contributed by atoms with E-state index in [-0.39, 0.29) is 24.6 Å². The van der Waals surface area contributed by atoms with Gasteiger partial charge >= 0.3 is 12.0 Å². The van der Waals surface area contributed by atoms with Crippen molar-refractivity contribution in [1.29, 1.82) is 0 Å². The molecular weight excluding hydrogens is 224 g/mol. The fourth-order valence-electron chi connectivity index (χ4n) is 1.45. The Bertz CT molecular complexity index is 244. The van der Waals surface area contributed by atoms with Gasteiger partial charge in [-0.15, -0.1) is 0 Å². The maximum Gasteiger partial charge on any atom is 0.314 e. The van der Waals surface area contributed by atoms with Crippen molar-refractivity contribution < 1.29 is 19.4 Å². The van der Waals surface area contributed by atoms with Gasteiger partial charge in [-0.25, -0.2) is 4.79 Å². The number of hydrogen-bond donors (Lipinski definition) is 3. The Kier molecular flexibility index (Phi) is 7.29. The van der Waals surface area contributed by atoms with Crippen molar-refractivity contribution in [3.05, 3.63) is 0 Å². The van der Waals surface area contributed by atoms with E-state index in [1.165, 1.54) is 0 Å². The fraction of sp³-hybridized carbons (Fsp3) is 0.818. The third-order valence-corrected chi connectivity index (χ3v) is 2.92. The van der Waals surface area contributed by atoms with Crippen LogP contribution in [0.4, 0.5) is 4.79 Å². The molecule has 0 aliphatic carbocycles. The van der Waals surface area contributed by atoms with Crippen LogP contribution in [-0.2, 0) is 9.53 Å². The first-order valence-corrected chi connectivity index (χ1v) is 5.78. The molecule has 0 aromatic heterocycles. The Hall–Kier alpha value is -1.30. The number of rotatable bonds is 8. The highest BCUT2D eigenvalue weighted by Gasteiger charge is 2.25. The van der Waals surface area contributed by atoms with Crippen LogP contribution in [0.3, 0.4) is 0 Å². The average Bonchev–Trinajstić information content (AvgIpc) is 2.31. The van der Waals surface area contributed by atoms with Gasteiger partial charge in [-0.05, 0) is 12.8 Å². The minimum absolute atomic E-state index is 0.0790. The van der Waals surface area contributed by atoms with Crippen molar-refractivity contribution in [2.75, 3.05) is 20.2 Å². The zero-order valence-corrected chi connectivity index (χ0v) is 10.7. The monoisotopic (exact) mass is 246 g/mol. The Morgan fingerprint density at radius 1 is 1.24 bits per heavy atom. The summed E-state index contributed by atoms with van der Waals surface area (Å²) in [5.74, 6) is -0.932. The van der Waals surface area contributed by atoms with Gasteiger partial charge in [0.15, 0.2) is 0 Å². The van der Waals surface area contributed by atoms with Gasteiger partial charge in [0, 0.05) is 20.2 Å². The first-order valence-electron chi connectivity index (χ1n) is 5.78. The van der Waals surface area contributed by atoms with E-state index in [1.54, 1.807) is 7.11 Å². The number of ether oxygens (including phenoxy) is 1. The molecule has 0 aromatic rings. The van der Waals surface area contributed by atoms with E-state index in [9.17, 15) is 9.59 Å². The van der Waals surface area contributed by atoms with Crippen LogP contribution in [0, 0.1) is 0 Å². The lowest BCUT2D eigenvalue weighted by atomic mass is 9.97. The van der Waals surface area contributed by atoms with Gasteiger partial charge < -0.3 is 20.5 Å². The van der Waals surface area contributed by atoms with E-state index in [0.717, 1.165) is 12.8 Å². The van der Waals surface area contributed by atoms with Crippen molar-refractivity contribution in [3.63, 3.8) is 0 Å². The van der Waals surface area contributed by atoms with Crippen molar-refractivity contribution in [2.24, 2.45) is 0 Å². The largest absolute Gasteiger partial charge is 0.481 e. The number of hydrogen-bond acceptors (Lipinski definition) is 3. The third kappa shape index (κ3) is 6.11. The molecule has 0 atom stereocenters. The average molecular weight is 246 g/mol. The summed E-state index contributed by atoms with van der Waals surface area (Å²) in [6, 6.07) is -0.366. The smallest absolute Gasteiger partial charge is 0.314 e. The zero-order valence-electron chi connectivity index (χ0n) is 10.7. The van der Waals surface area contributed by atoms with Crippen LogP contribution < -0.4 is 10.6 Å². The normalized spacial score (nSPS) is 11.0. The van der Waals surface area contributed by atoms with E-state index >= 15 is 0 Å². The summed E-state index contributed by atoms with van der Waals surface area (Å²) in [5.41, 5.74) is -0.343. The summed E-state index contributed by atoms with van der Waals surface area (Å²) < 4.78 is 5.39. The second kappa shape index (κ2) is 7.89. The number of carbonyl (C=O) groups is 2. The van der Waals surface area contributed by atoms with E-state index in [4.69, 9.17) is 9.84 Å². The first kappa shape index (κ1) is 15.7. The summed E-state index contributed by atoms with van der Waals surface area (Å²) in [4.78, 5) is 21.6. The Morgan fingerprint density at radius 3 is 2.24 bits per heavy atom. The molecule has 17 heavy (non-hydrogen) atoms. The van der Waals surface area contributed by atoms with Gasteiger partial charge in [-0.3, -0.25) is 4.79 Å². The highest BCUT2D eigenvalue weighted by molar-refractivity contribution is 5.75. The molecule has 6 heteroatoms. The van der Waals surface area contributed by atoms with Crippen molar-refractivity contribution in [2.45, 2.75) is 38.7 Å². The van der Waals surface area contributed by atoms with Crippen molar-refractivity contribution in [3.8, 4) is 0 Å². The Labute approximate surface area is 102 Å². The molecule has 0 aliphatic heterocycles. The molecule has 0 fully saturated rings. The molecule has 3 N–H and O–H groups in total. The molecule has 0 aliphatic rings. The Balaban J connectivity index is 3.92. The van der Waals surface area contributed by atoms with E-state index in [1.807, 2.05) is 13.8 Å². The van der Waals surface area contributed by atoms with Crippen molar-refractivity contribution in [1.82, 2.24) is 10.6 Å². The summed E-state index contributed by atoms with van der Waals surface area (Å²) in [5, 5.41) is 13.6. The molecule has 0 rings (SSSR count). The molecule has 0 radical (unpaired) electrons. The highest BCUT2D eigenvalue weighted by atomic mass is 16.5. The quantitative estimate of drug-likeness (QED) is 0.595.